The van der Waals surface area contributed by atoms with E-state index < -0.39 is 0 Å². The van der Waals surface area contributed by atoms with Crippen LogP contribution in [0.4, 0.5) is 0 Å². The minimum atomic E-state index is 0.609. The van der Waals surface area contributed by atoms with Crippen LogP contribution in [0.15, 0.2) is 23.8 Å². The monoisotopic (exact) mass is 193 g/mol. The molecule has 1 aliphatic carbocycles. The van der Waals surface area contributed by atoms with Crippen LogP contribution in [0.5, 0.6) is 0 Å². The molecule has 0 aromatic heterocycles. The third-order valence-corrected chi connectivity index (χ3v) is 2.52. The van der Waals surface area contributed by atoms with Crippen LogP contribution < -0.4 is 5.32 Å². The summed E-state index contributed by atoms with van der Waals surface area (Å²) in [6.07, 6.45) is 13.5. The van der Waals surface area contributed by atoms with Crippen LogP contribution in [0.25, 0.3) is 0 Å². The standard InChI is InChI=1S/C13H23N/c1-12(2)14-11-7-6-10-13-8-4-3-5-9-13/h6,8,10,12,14H,3-5,7,9,11H2,1-2H3/b10-6+. The molecule has 1 rings (SSSR count). The molecule has 0 radical (unpaired) electrons. The molecule has 0 aromatic carbocycles. The normalized spacial score (nSPS) is 17.8. The predicted molar refractivity (Wildman–Crippen MR) is 63.4 cm³/mol. The Morgan fingerprint density at radius 3 is 2.93 bits per heavy atom. The van der Waals surface area contributed by atoms with Gasteiger partial charge in [0.15, 0.2) is 0 Å². The summed E-state index contributed by atoms with van der Waals surface area (Å²) in [6, 6.07) is 0.609. The molecule has 0 atom stereocenters. The molecule has 14 heavy (non-hydrogen) atoms. The van der Waals surface area contributed by atoms with Gasteiger partial charge in [-0.3, -0.25) is 0 Å². The van der Waals surface area contributed by atoms with E-state index in [0.717, 1.165) is 13.0 Å². The van der Waals surface area contributed by atoms with E-state index in [1.807, 2.05) is 0 Å². The smallest absolute Gasteiger partial charge is 0.00105 e. The highest BCUT2D eigenvalue weighted by molar-refractivity contribution is 5.19. The zero-order chi connectivity index (χ0) is 10.2. The van der Waals surface area contributed by atoms with Crippen molar-refractivity contribution in [3.8, 4) is 0 Å². The lowest BCUT2D eigenvalue weighted by Gasteiger charge is -2.08. The van der Waals surface area contributed by atoms with Crippen molar-refractivity contribution in [3.63, 3.8) is 0 Å². The van der Waals surface area contributed by atoms with E-state index in [2.05, 4.69) is 37.4 Å². The largest absolute Gasteiger partial charge is 0.314 e. The summed E-state index contributed by atoms with van der Waals surface area (Å²) in [7, 11) is 0. The van der Waals surface area contributed by atoms with Crippen molar-refractivity contribution < 1.29 is 0 Å². The molecule has 1 heteroatoms. The van der Waals surface area contributed by atoms with Crippen LogP contribution in [-0.4, -0.2) is 12.6 Å². The first-order valence-electron chi connectivity index (χ1n) is 5.88. The highest BCUT2D eigenvalue weighted by Crippen LogP contribution is 2.17. The maximum absolute atomic E-state index is 3.41. The van der Waals surface area contributed by atoms with Gasteiger partial charge in [0.05, 0.1) is 0 Å². The zero-order valence-electron chi connectivity index (χ0n) is 9.55. The summed E-state index contributed by atoms with van der Waals surface area (Å²) in [5.74, 6) is 0. The van der Waals surface area contributed by atoms with Gasteiger partial charge < -0.3 is 5.32 Å². The van der Waals surface area contributed by atoms with E-state index in [-0.39, 0.29) is 0 Å². The molecule has 80 valence electrons. The van der Waals surface area contributed by atoms with Gasteiger partial charge in [0.2, 0.25) is 0 Å². The van der Waals surface area contributed by atoms with Crippen molar-refractivity contribution in [1.29, 1.82) is 0 Å². The fourth-order valence-corrected chi connectivity index (χ4v) is 1.70. The van der Waals surface area contributed by atoms with E-state index >= 15 is 0 Å². The number of rotatable bonds is 5. The van der Waals surface area contributed by atoms with Crippen LogP contribution in [0, 0.1) is 0 Å². The summed E-state index contributed by atoms with van der Waals surface area (Å²) >= 11 is 0. The molecule has 0 amide bonds. The van der Waals surface area contributed by atoms with Gasteiger partial charge in [-0.2, -0.15) is 0 Å². The Labute approximate surface area is 88.3 Å². The van der Waals surface area contributed by atoms with Crippen molar-refractivity contribution in [3.05, 3.63) is 23.8 Å². The topological polar surface area (TPSA) is 12.0 Å². The second-order valence-electron chi connectivity index (χ2n) is 4.32. The summed E-state index contributed by atoms with van der Waals surface area (Å²) in [4.78, 5) is 0. The Kier molecular flexibility index (Phi) is 5.62. The Morgan fingerprint density at radius 1 is 1.43 bits per heavy atom. The molecule has 0 saturated carbocycles. The minimum Gasteiger partial charge on any atom is -0.314 e. The van der Waals surface area contributed by atoms with E-state index in [0.29, 0.717) is 6.04 Å². The van der Waals surface area contributed by atoms with Gasteiger partial charge >= 0.3 is 0 Å². The van der Waals surface area contributed by atoms with Gasteiger partial charge in [-0.15, -0.1) is 0 Å². The van der Waals surface area contributed by atoms with Crippen LogP contribution in [-0.2, 0) is 0 Å². The number of hydrogen-bond donors (Lipinski definition) is 1. The fraction of sp³-hybridized carbons (Fsp3) is 0.692. The van der Waals surface area contributed by atoms with Gasteiger partial charge in [-0.05, 0) is 38.6 Å². The molecule has 1 N–H and O–H groups in total. The van der Waals surface area contributed by atoms with Crippen molar-refractivity contribution in [2.75, 3.05) is 6.54 Å². The fourth-order valence-electron chi connectivity index (χ4n) is 1.70. The first-order chi connectivity index (χ1) is 6.79. The number of hydrogen-bond acceptors (Lipinski definition) is 1. The summed E-state index contributed by atoms with van der Waals surface area (Å²) in [5.41, 5.74) is 1.54. The minimum absolute atomic E-state index is 0.609. The van der Waals surface area contributed by atoms with Crippen LogP contribution in [0.3, 0.4) is 0 Å². The van der Waals surface area contributed by atoms with Gasteiger partial charge in [0.1, 0.15) is 0 Å². The van der Waals surface area contributed by atoms with Gasteiger partial charge in [0, 0.05) is 6.04 Å². The first-order valence-corrected chi connectivity index (χ1v) is 5.88. The Hall–Kier alpha value is -0.560. The van der Waals surface area contributed by atoms with E-state index in [1.54, 1.807) is 5.57 Å². The lowest BCUT2D eigenvalue weighted by molar-refractivity contribution is 0.594. The summed E-state index contributed by atoms with van der Waals surface area (Å²) in [5, 5.41) is 3.41. The van der Waals surface area contributed by atoms with Gasteiger partial charge in [-0.25, -0.2) is 0 Å². The average Bonchev–Trinajstić information content (AvgIpc) is 2.18. The maximum atomic E-state index is 3.41. The first kappa shape index (κ1) is 11.5. The Morgan fingerprint density at radius 2 is 2.29 bits per heavy atom. The molecule has 1 aliphatic rings. The molecule has 0 heterocycles. The van der Waals surface area contributed by atoms with E-state index in [9.17, 15) is 0 Å². The maximum Gasteiger partial charge on any atom is 0.00105 e. The highest BCUT2D eigenvalue weighted by atomic mass is 14.9. The lowest BCUT2D eigenvalue weighted by Crippen LogP contribution is -2.23. The predicted octanol–water partition coefficient (Wildman–Crippen LogP) is 3.43. The van der Waals surface area contributed by atoms with E-state index in [1.165, 1.54) is 25.7 Å². The molecule has 0 saturated heterocycles. The molecular formula is C13H23N. The van der Waals surface area contributed by atoms with Crippen LogP contribution >= 0.6 is 0 Å². The zero-order valence-corrected chi connectivity index (χ0v) is 9.55. The highest BCUT2D eigenvalue weighted by Gasteiger charge is 1.98. The van der Waals surface area contributed by atoms with Gasteiger partial charge in [0.25, 0.3) is 0 Å². The molecule has 0 fully saturated rings. The second kappa shape index (κ2) is 6.83. The molecule has 1 nitrogen and oxygen atoms in total. The van der Waals surface area contributed by atoms with Crippen LogP contribution in [0.1, 0.15) is 46.0 Å². The average molecular weight is 193 g/mol. The van der Waals surface area contributed by atoms with Crippen LogP contribution in [0.2, 0.25) is 0 Å². The van der Waals surface area contributed by atoms with E-state index in [4.69, 9.17) is 0 Å². The Bertz CT molecular complexity index is 201. The molecular weight excluding hydrogens is 170 g/mol. The molecule has 0 bridgehead atoms. The second-order valence-corrected chi connectivity index (χ2v) is 4.32. The molecule has 0 aliphatic heterocycles. The molecule has 0 aromatic rings. The number of allylic oxidation sites excluding steroid dienone is 3. The van der Waals surface area contributed by atoms with Crippen molar-refractivity contribution in [2.24, 2.45) is 0 Å². The van der Waals surface area contributed by atoms with Crippen molar-refractivity contribution in [2.45, 2.75) is 52.0 Å². The SMILES string of the molecule is CC(C)NCC/C=C/C1=CCCCC1. The summed E-state index contributed by atoms with van der Waals surface area (Å²) in [6.45, 7) is 5.47. The number of nitrogens with one attached hydrogen (secondary N) is 1. The van der Waals surface area contributed by atoms with Gasteiger partial charge in [-0.1, -0.05) is 37.6 Å². The molecule has 0 unspecified atom stereocenters. The third kappa shape index (κ3) is 5.23. The Balaban J connectivity index is 2.10. The third-order valence-electron chi connectivity index (χ3n) is 2.52. The van der Waals surface area contributed by atoms with Crippen molar-refractivity contribution >= 4 is 0 Å². The van der Waals surface area contributed by atoms with Crippen molar-refractivity contribution in [1.82, 2.24) is 5.32 Å². The quantitative estimate of drug-likeness (QED) is 0.660. The molecule has 0 spiro atoms. The lowest BCUT2D eigenvalue weighted by atomic mass is 9.99. The summed E-state index contributed by atoms with van der Waals surface area (Å²) < 4.78 is 0.